The summed E-state index contributed by atoms with van der Waals surface area (Å²) in [5.41, 5.74) is 3.53. The van der Waals surface area contributed by atoms with E-state index in [9.17, 15) is 9.59 Å². The molecule has 0 aliphatic rings. The number of aromatic nitrogens is 2. The molecular formula is C25H25N5O2S. The molecule has 8 heteroatoms. The van der Waals surface area contributed by atoms with E-state index >= 15 is 0 Å². The summed E-state index contributed by atoms with van der Waals surface area (Å²) < 4.78 is 2.00. The molecule has 0 fully saturated rings. The summed E-state index contributed by atoms with van der Waals surface area (Å²) in [4.78, 5) is 30.5. The summed E-state index contributed by atoms with van der Waals surface area (Å²) in [6, 6.07) is 20.2. The van der Waals surface area contributed by atoms with Gasteiger partial charge < -0.3 is 20.4 Å². The predicted octanol–water partition coefficient (Wildman–Crippen LogP) is 5.41. The van der Waals surface area contributed by atoms with Crippen molar-refractivity contribution in [1.29, 1.82) is 0 Å². The van der Waals surface area contributed by atoms with E-state index in [1.165, 1.54) is 0 Å². The third kappa shape index (κ3) is 5.93. The molecule has 3 amide bonds. The Labute approximate surface area is 196 Å². The van der Waals surface area contributed by atoms with Crippen molar-refractivity contribution in [3.05, 3.63) is 90.4 Å². The van der Waals surface area contributed by atoms with Crippen molar-refractivity contribution in [2.24, 2.45) is 0 Å². The number of nitrogens with zero attached hydrogens (tertiary/aromatic N) is 2. The first-order valence-corrected chi connectivity index (χ1v) is 11.6. The number of urea groups is 1. The zero-order valence-electron chi connectivity index (χ0n) is 18.4. The molecule has 3 N–H and O–H groups in total. The molecule has 0 atom stereocenters. The third-order valence-corrected chi connectivity index (χ3v) is 5.81. The minimum atomic E-state index is -0.321. The fourth-order valence-corrected chi connectivity index (χ4v) is 4.01. The number of hydrogen-bond acceptors (Lipinski definition) is 4. The van der Waals surface area contributed by atoms with Crippen molar-refractivity contribution in [2.75, 3.05) is 10.6 Å². The van der Waals surface area contributed by atoms with Gasteiger partial charge in [0.15, 0.2) is 0 Å². The Kier molecular flexibility index (Phi) is 6.95. The van der Waals surface area contributed by atoms with Gasteiger partial charge in [-0.3, -0.25) is 4.79 Å². The molecule has 2 aromatic carbocycles. The Bertz CT molecular complexity index is 1230. The van der Waals surface area contributed by atoms with E-state index < -0.39 is 0 Å². The van der Waals surface area contributed by atoms with E-state index in [4.69, 9.17) is 0 Å². The van der Waals surface area contributed by atoms with Crippen LogP contribution in [0.5, 0.6) is 0 Å². The maximum absolute atomic E-state index is 12.8. The standard InChI is InChI=1S/C25H25N5O2S/c1-17(2)26-25(32)29-22-8-4-3-7-21(22)28-24(31)18-10-12-20(13-11-18)33-16-19-15-30-14-6-5-9-23(30)27-19/h3-15,17H,16H2,1-2H3,(H,28,31)(H2,26,29,32). The van der Waals surface area contributed by atoms with Gasteiger partial charge >= 0.3 is 6.03 Å². The number of thioether (sulfide) groups is 1. The number of carbonyl (C=O) groups is 2. The molecule has 0 bridgehead atoms. The molecule has 2 heterocycles. The van der Waals surface area contributed by atoms with Gasteiger partial charge in [0.2, 0.25) is 0 Å². The Morgan fingerprint density at radius 1 is 0.939 bits per heavy atom. The zero-order chi connectivity index (χ0) is 23.2. The lowest BCUT2D eigenvalue weighted by Gasteiger charge is -2.14. The molecule has 168 valence electrons. The Morgan fingerprint density at radius 3 is 2.33 bits per heavy atom. The summed E-state index contributed by atoms with van der Waals surface area (Å²) in [5, 5.41) is 8.42. The largest absolute Gasteiger partial charge is 0.336 e. The van der Waals surface area contributed by atoms with E-state index in [1.54, 1.807) is 48.2 Å². The van der Waals surface area contributed by atoms with Crippen LogP contribution in [0.2, 0.25) is 0 Å². The lowest BCUT2D eigenvalue weighted by atomic mass is 10.2. The smallest absolute Gasteiger partial charge is 0.319 e. The molecule has 0 aliphatic heterocycles. The number of para-hydroxylation sites is 2. The molecule has 4 rings (SSSR count). The molecule has 0 spiro atoms. The molecule has 0 radical (unpaired) electrons. The molecule has 0 unspecified atom stereocenters. The molecule has 7 nitrogen and oxygen atoms in total. The highest BCUT2D eigenvalue weighted by molar-refractivity contribution is 7.98. The van der Waals surface area contributed by atoms with Gasteiger partial charge in [0.25, 0.3) is 5.91 Å². The van der Waals surface area contributed by atoms with Crippen LogP contribution in [0.4, 0.5) is 16.2 Å². The van der Waals surface area contributed by atoms with Crippen LogP contribution in [0, 0.1) is 0 Å². The van der Waals surface area contributed by atoms with E-state index in [2.05, 4.69) is 20.9 Å². The number of fused-ring (bicyclic) bond motifs is 1. The number of rotatable bonds is 7. The number of hydrogen-bond donors (Lipinski definition) is 3. The second-order valence-corrected chi connectivity index (χ2v) is 8.81. The SMILES string of the molecule is CC(C)NC(=O)Nc1ccccc1NC(=O)c1ccc(SCc2cn3ccccc3n2)cc1. The average molecular weight is 460 g/mol. The molecular weight excluding hydrogens is 434 g/mol. The van der Waals surface area contributed by atoms with Crippen molar-refractivity contribution in [1.82, 2.24) is 14.7 Å². The summed E-state index contributed by atoms with van der Waals surface area (Å²) in [6.45, 7) is 3.76. The normalized spacial score (nSPS) is 10.9. The summed E-state index contributed by atoms with van der Waals surface area (Å²) in [7, 11) is 0. The predicted molar refractivity (Wildman–Crippen MR) is 133 cm³/mol. The fraction of sp³-hybridized carbons (Fsp3) is 0.160. The van der Waals surface area contributed by atoms with Gasteiger partial charge in [-0.05, 0) is 62.4 Å². The van der Waals surface area contributed by atoms with Crippen LogP contribution in [0.3, 0.4) is 0 Å². The number of carbonyl (C=O) groups excluding carboxylic acids is 2. The van der Waals surface area contributed by atoms with Crippen LogP contribution in [0.15, 0.2) is 84.0 Å². The number of nitrogens with one attached hydrogen (secondary N) is 3. The molecule has 33 heavy (non-hydrogen) atoms. The Hall–Kier alpha value is -3.78. The Balaban J connectivity index is 1.37. The number of anilines is 2. The average Bonchev–Trinajstić information content (AvgIpc) is 3.22. The Morgan fingerprint density at radius 2 is 1.64 bits per heavy atom. The number of benzene rings is 2. The number of imidazole rings is 1. The van der Waals surface area contributed by atoms with Crippen LogP contribution >= 0.6 is 11.8 Å². The minimum Gasteiger partial charge on any atom is -0.336 e. The van der Waals surface area contributed by atoms with Gasteiger partial charge in [0.1, 0.15) is 5.65 Å². The third-order valence-electron chi connectivity index (χ3n) is 4.76. The minimum absolute atomic E-state index is 0.0100. The maximum atomic E-state index is 12.8. The van der Waals surface area contributed by atoms with Crippen molar-refractivity contribution < 1.29 is 9.59 Å². The van der Waals surface area contributed by atoms with Gasteiger partial charge in [-0.25, -0.2) is 9.78 Å². The van der Waals surface area contributed by atoms with Gasteiger partial charge in [0, 0.05) is 34.6 Å². The van der Waals surface area contributed by atoms with Gasteiger partial charge in [-0.1, -0.05) is 18.2 Å². The van der Waals surface area contributed by atoms with Gasteiger partial charge in [-0.15, -0.1) is 11.8 Å². The number of pyridine rings is 1. The van der Waals surface area contributed by atoms with E-state index in [-0.39, 0.29) is 18.0 Å². The lowest BCUT2D eigenvalue weighted by Crippen LogP contribution is -2.34. The molecule has 2 aromatic heterocycles. The first kappa shape index (κ1) is 22.4. The molecule has 0 aliphatic carbocycles. The summed E-state index contributed by atoms with van der Waals surface area (Å²) >= 11 is 1.67. The van der Waals surface area contributed by atoms with Gasteiger partial charge in [-0.2, -0.15) is 0 Å². The van der Waals surface area contributed by atoms with Crippen LogP contribution in [-0.4, -0.2) is 27.4 Å². The number of amides is 3. The van der Waals surface area contributed by atoms with Crippen LogP contribution in [-0.2, 0) is 5.75 Å². The summed E-state index contributed by atoms with van der Waals surface area (Å²) in [6.07, 6.45) is 4.01. The lowest BCUT2D eigenvalue weighted by molar-refractivity contribution is 0.102. The van der Waals surface area contributed by atoms with E-state index in [0.717, 1.165) is 22.0 Å². The molecule has 0 saturated carbocycles. The van der Waals surface area contributed by atoms with E-state index in [0.29, 0.717) is 16.9 Å². The molecule has 4 aromatic rings. The van der Waals surface area contributed by atoms with Crippen molar-refractivity contribution in [2.45, 2.75) is 30.5 Å². The molecule has 0 saturated heterocycles. The second kappa shape index (κ2) is 10.2. The highest BCUT2D eigenvalue weighted by atomic mass is 32.2. The maximum Gasteiger partial charge on any atom is 0.319 e. The summed E-state index contributed by atoms with van der Waals surface area (Å²) in [5.74, 6) is 0.496. The van der Waals surface area contributed by atoms with Gasteiger partial charge in [0.05, 0.1) is 17.1 Å². The van der Waals surface area contributed by atoms with Crippen LogP contribution < -0.4 is 16.0 Å². The second-order valence-electron chi connectivity index (χ2n) is 7.76. The van der Waals surface area contributed by atoms with Crippen molar-refractivity contribution >= 4 is 40.7 Å². The first-order chi connectivity index (χ1) is 16.0. The van der Waals surface area contributed by atoms with Crippen molar-refractivity contribution in [3.8, 4) is 0 Å². The highest BCUT2D eigenvalue weighted by Gasteiger charge is 2.12. The monoisotopic (exact) mass is 459 g/mol. The van der Waals surface area contributed by atoms with Crippen molar-refractivity contribution in [3.63, 3.8) is 0 Å². The van der Waals surface area contributed by atoms with E-state index in [1.807, 2.05) is 61.0 Å². The van der Waals surface area contributed by atoms with Crippen LogP contribution in [0.25, 0.3) is 5.65 Å². The quantitative estimate of drug-likeness (QED) is 0.323. The first-order valence-electron chi connectivity index (χ1n) is 10.6. The van der Waals surface area contributed by atoms with Crippen LogP contribution in [0.1, 0.15) is 29.9 Å². The topological polar surface area (TPSA) is 87.5 Å². The fourth-order valence-electron chi connectivity index (χ4n) is 3.23. The zero-order valence-corrected chi connectivity index (χ0v) is 19.2. The highest BCUT2D eigenvalue weighted by Crippen LogP contribution is 2.25.